The average molecular weight is 262 g/mol. The van der Waals surface area contributed by atoms with Gasteiger partial charge in [0, 0.05) is 18.2 Å². The minimum atomic E-state index is 0.748. The highest BCUT2D eigenvalue weighted by Crippen LogP contribution is 2.23. The summed E-state index contributed by atoms with van der Waals surface area (Å²) in [5, 5.41) is 3.52. The molecule has 0 aromatic carbocycles. The number of nitrogens with one attached hydrogen (secondary N) is 1. The quantitative estimate of drug-likeness (QED) is 0.884. The molecule has 0 radical (unpaired) electrons. The topological polar surface area (TPSA) is 28.4 Å². The van der Waals surface area contributed by atoms with Crippen molar-refractivity contribution in [1.82, 2.24) is 10.2 Å². The van der Waals surface area contributed by atoms with Gasteiger partial charge in [-0.1, -0.05) is 6.92 Å². The fourth-order valence-corrected chi connectivity index (χ4v) is 2.83. The molecule has 19 heavy (non-hydrogen) atoms. The van der Waals surface area contributed by atoms with Gasteiger partial charge in [-0.15, -0.1) is 0 Å². The maximum absolute atomic E-state index is 5.87. The van der Waals surface area contributed by atoms with Gasteiger partial charge in [0.25, 0.3) is 0 Å². The molecule has 0 spiro atoms. The third kappa shape index (κ3) is 3.61. The predicted molar refractivity (Wildman–Crippen MR) is 77.0 cm³/mol. The molecule has 2 aliphatic rings. The first-order chi connectivity index (χ1) is 9.20. The van der Waals surface area contributed by atoms with E-state index in [2.05, 4.69) is 30.1 Å². The average Bonchev–Trinajstić information content (AvgIpc) is 3.16. The van der Waals surface area contributed by atoms with E-state index in [0.717, 1.165) is 36.6 Å². The lowest BCUT2D eigenvalue weighted by atomic mass is 9.99. The first-order valence-electron chi connectivity index (χ1n) is 7.74. The SMILES string of the molecule is Cc1oc(CNC2CC2)cc1CN1CCC(C)CC1. The van der Waals surface area contributed by atoms with Crippen molar-refractivity contribution in [3.8, 4) is 0 Å². The maximum atomic E-state index is 5.87. The number of nitrogens with zero attached hydrogens (tertiary/aromatic N) is 1. The van der Waals surface area contributed by atoms with E-state index in [1.807, 2.05) is 0 Å². The van der Waals surface area contributed by atoms with Crippen molar-refractivity contribution in [2.75, 3.05) is 13.1 Å². The summed E-state index contributed by atoms with van der Waals surface area (Å²) in [4.78, 5) is 2.57. The van der Waals surface area contributed by atoms with Crippen molar-refractivity contribution < 1.29 is 4.42 Å². The number of aryl methyl sites for hydroxylation is 1. The van der Waals surface area contributed by atoms with Crippen LogP contribution in [-0.4, -0.2) is 24.0 Å². The second-order valence-corrected chi connectivity index (χ2v) is 6.41. The van der Waals surface area contributed by atoms with E-state index in [9.17, 15) is 0 Å². The van der Waals surface area contributed by atoms with Crippen molar-refractivity contribution in [2.45, 2.75) is 58.7 Å². The summed E-state index contributed by atoms with van der Waals surface area (Å²) < 4.78 is 5.87. The van der Waals surface area contributed by atoms with Crippen LogP contribution in [-0.2, 0) is 13.1 Å². The molecule has 1 N–H and O–H groups in total. The summed E-state index contributed by atoms with van der Waals surface area (Å²) in [5.41, 5.74) is 1.38. The summed E-state index contributed by atoms with van der Waals surface area (Å²) in [7, 11) is 0. The van der Waals surface area contributed by atoms with Crippen LogP contribution in [0.1, 0.15) is 49.7 Å². The van der Waals surface area contributed by atoms with Crippen LogP contribution in [0.15, 0.2) is 10.5 Å². The van der Waals surface area contributed by atoms with E-state index in [4.69, 9.17) is 4.42 Å². The van der Waals surface area contributed by atoms with Crippen LogP contribution in [0.5, 0.6) is 0 Å². The normalized spacial score (nSPS) is 22.0. The summed E-state index contributed by atoms with van der Waals surface area (Å²) in [6.07, 6.45) is 5.34. The number of rotatable bonds is 5. The van der Waals surface area contributed by atoms with E-state index in [1.165, 1.54) is 44.3 Å². The fourth-order valence-electron chi connectivity index (χ4n) is 2.83. The van der Waals surface area contributed by atoms with Gasteiger partial charge in [0.15, 0.2) is 0 Å². The van der Waals surface area contributed by atoms with Crippen LogP contribution in [0, 0.1) is 12.8 Å². The van der Waals surface area contributed by atoms with Crippen molar-refractivity contribution in [1.29, 1.82) is 0 Å². The minimum absolute atomic E-state index is 0.748. The Kier molecular flexibility index (Phi) is 3.94. The molecule has 0 bridgehead atoms. The number of furan rings is 1. The number of piperidine rings is 1. The fraction of sp³-hybridized carbons (Fsp3) is 0.750. The third-order valence-corrected chi connectivity index (χ3v) is 4.48. The lowest BCUT2D eigenvalue weighted by Crippen LogP contribution is -2.32. The van der Waals surface area contributed by atoms with Crippen LogP contribution in [0.2, 0.25) is 0 Å². The van der Waals surface area contributed by atoms with Gasteiger partial charge in [-0.25, -0.2) is 0 Å². The van der Waals surface area contributed by atoms with Crippen molar-refractivity contribution >= 4 is 0 Å². The van der Waals surface area contributed by atoms with Gasteiger partial charge in [-0.05, 0) is 57.7 Å². The van der Waals surface area contributed by atoms with Crippen molar-refractivity contribution in [3.63, 3.8) is 0 Å². The summed E-state index contributed by atoms with van der Waals surface area (Å²) in [6.45, 7) is 8.89. The molecule has 106 valence electrons. The second-order valence-electron chi connectivity index (χ2n) is 6.41. The largest absolute Gasteiger partial charge is 0.465 e. The molecule has 1 aliphatic heterocycles. The van der Waals surface area contributed by atoms with E-state index in [0.29, 0.717) is 0 Å². The van der Waals surface area contributed by atoms with Crippen LogP contribution < -0.4 is 5.32 Å². The number of likely N-dealkylation sites (tertiary alicyclic amines) is 1. The van der Waals surface area contributed by atoms with Gasteiger partial charge in [0.1, 0.15) is 11.5 Å². The zero-order chi connectivity index (χ0) is 13.2. The highest BCUT2D eigenvalue weighted by atomic mass is 16.3. The Hall–Kier alpha value is -0.800. The zero-order valence-corrected chi connectivity index (χ0v) is 12.2. The Morgan fingerprint density at radius 3 is 2.68 bits per heavy atom. The smallest absolute Gasteiger partial charge is 0.118 e. The molecule has 3 heteroatoms. The van der Waals surface area contributed by atoms with Gasteiger partial charge in [0.2, 0.25) is 0 Å². The highest BCUT2D eigenvalue weighted by Gasteiger charge is 2.21. The zero-order valence-electron chi connectivity index (χ0n) is 12.2. The van der Waals surface area contributed by atoms with E-state index >= 15 is 0 Å². The van der Waals surface area contributed by atoms with Gasteiger partial charge >= 0.3 is 0 Å². The molecule has 1 aliphatic carbocycles. The predicted octanol–water partition coefficient (Wildman–Crippen LogP) is 3.07. The Bertz CT molecular complexity index is 414. The van der Waals surface area contributed by atoms with Crippen molar-refractivity contribution in [2.24, 2.45) is 5.92 Å². The molecule has 0 unspecified atom stereocenters. The molecule has 1 saturated carbocycles. The van der Waals surface area contributed by atoms with Crippen LogP contribution in [0.3, 0.4) is 0 Å². The maximum Gasteiger partial charge on any atom is 0.118 e. The molecule has 3 nitrogen and oxygen atoms in total. The lowest BCUT2D eigenvalue weighted by molar-refractivity contribution is 0.184. The van der Waals surface area contributed by atoms with Gasteiger partial charge in [-0.2, -0.15) is 0 Å². The van der Waals surface area contributed by atoms with Crippen LogP contribution >= 0.6 is 0 Å². The van der Waals surface area contributed by atoms with Gasteiger partial charge < -0.3 is 9.73 Å². The molecule has 0 atom stereocenters. The number of hydrogen-bond donors (Lipinski definition) is 1. The van der Waals surface area contributed by atoms with Gasteiger partial charge in [-0.3, -0.25) is 4.90 Å². The summed E-state index contributed by atoms with van der Waals surface area (Å²) in [6, 6.07) is 3.00. The molecular weight excluding hydrogens is 236 g/mol. The molecular formula is C16H26N2O. The molecule has 1 aromatic heterocycles. The molecule has 0 amide bonds. The van der Waals surface area contributed by atoms with Crippen LogP contribution in [0.4, 0.5) is 0 Å². The standard InChI is InChI=1S/C16H26N2O/c1-12-5-7-18(8-6-12)11-14-9-16(19-13(14)2)10-17-15-3-4-15/h9,12,15,17H,3-8,10-11H2,1-2H3. The number of hydrogen-bond acceptors (Lipinski definition) is 3. The molecule has 3 rings (SSSR count). The van der Waals surface area contributed by atoms with E-state index in [-0.39, 0.29) is 0 Å². The molecule has 1 aromatic rings. The molecule has 2 fully saturated rings. The molecule has 1 saturated heterocycles. The Balaban J connectivity index is 1.54. The lowest BCUT2D eigenvalue weighted by Gasteiger charge is -2.29. The first-order valence-corrected chi connectivity index (χ1v) is 7.74. The third-order valence-electron chi connectivity index (χ3n) is 4.48. The van der Waals surface area contributed by atoms with E-state index in [1.54, 1.807) is 0 Å². The van der Waals surface area contributed by atoms with Crippen LogP contribution in [0.25, 0.3) is 0 Å². The summed E-state index contributed by atoms with van der Waals surface area (Å²) >= 11 is 0. The van der Waals surface area contributed by atoms with Crippen molar-refractivity contribution in [3.05, 3.63) is 23.2 Å². The monoisotopic (exact) mass is 262 g/mol. The minimum Gasteiger partial charge on any atom is -0.465 e. The van der Waals surface area contributed by atoms with E-state index < -0.39 is 0 Å². The summed E-state index contributed by atoms with van der Waals surface area (Å²) in [5.74, 6) is 3.11. The highest BCUT2D eigenvalue weighted by molar-refractivity contribution is 5.21. The second kappa shape index (κ2) is 5.68. The Morgan fingerprint density at radius 1 is 1.26 bits per heavy atom. The first kappa shape index (κ1) is 13.2. The Labute approximate surface area is 116 Å². The molecule has 2 heterocycles. The Morgan fingerprint density at radius 2 is 2.00 bits per heavy atom. The van der Waals surface area contributed by atoms with Gasteiger partial charge in [0.05, 0.1) is 6.54 Å².